The first-order valence-electron chi connectivity index (χ1n) is 45.1. The molecule has 17 nitrogen and oxygen atoms in total. The van der Waals surface area contributed by atoms with Crippen molar-refractivity contribution in [3.8, 4) is 0 Å². The summed E-state index contributed by atoms with van der Waals surface area (Å²) in [6.07, 6.45) is 73.9. The Bertz CT molecular complexity index is 2010. The number of aliphatic hydroxyl groups is 1. The van der Waals surface area contributed by atoms with Gasteiger partial charge in [0, 0.05) is 25.7 Å². The van der Waals surface area contributed by atoms with E-state index in [1.807, 2.05) is 0 Å². The number of aliphatic hydroxyl groups excluding tert-OH is 1. The van der Waals surface area contributed by atoms with Crippen molar-refractivity contribution in [3.63, 3.8) is 0 Å². The average Bonchev–Trinajstić information content (AvgIpc) is 0.902. The van der Waals surface area contributed by atoms with Crippen LogP contribution in [0.1, 0.15) is 471 Å². The molecule has 0 bridgehead atoms. The normalized spacial score (nSPS) is 13.7. The topological polar surface area (TPSA) is 237 Å². The van der Waals surface area contributed by atoms with E-state index in [1.165, 1.54) is 283 Å². The molecule has 0 radical (unpaired) electrons. The van der Waals surface area contributed by atoms with Gasteiger partial charge in [-0.3, -0.25) is 37.3 Å². The zero-order valence-corrected chi connectivity index (χ0v) is 71.4. The highest BCUT2D eigenvalue weighted by Crippen LogP contribution is 2.45. The Morgan fingerprint density at radius 3 is 0.642 bits per heavy atom. The number of carbonyl (C=O) groups excluding carboxylic acids is 4. The first-order valence-corrected chi connectivity index (χ1v) is 48.1. The highest BCUT2D eigenvalue weighted by atomic mass is 31.2. The molecular weight excluding hydrogens is 1380 g/mol. The fourth-order valence-corrected chi connectivity index (χ4v) is 15.2. The largest absolute Gasteiger partial charge is 0.472 e. The van der Waals surface area contributed by atoms with E-state index in [0.717, 1.165) is 109 Å². The molecule has 0 spiro atoms. The van der Waals surface area contributed by atoms with Crippen LogP contribution in [0.2, 0.25) is 0 Å². The van der Waals surface area contributed by atoms with Crippen LogP contribution in [0.5, 0.6) is 0 Å². The molecule has 0 aliphatic carbocycles. The van der Waals surface area contributed by atoms with Gasteiger partial charge in [-0.15, -0.1) is 0 Å². The number of ether oxygens (including phenoxy) is 4. The number of hydrogen-bond acceptors (Lipinski definition) is 15. The molecule has 0 amide bonds. The summed E-state index contributed by atoms with van der Waals surface area (Å²) >= 11 is 0. The minimum Gasteiger partial charge on any atom is -0.462 e. The third-order valence-electron chi connectivity index (χ3n) is 20.5. The quantitative estimate of drug-likeness (QED) is 0.0222. The minimum absolute atomic E-state index is 0.108. The summed E-state index contributed by atoms with van der Waals surface area (Å²) < 4.78 is 68.8. The smallest absolute Gasteiger partial charge is 0.462 e. The zero-order chi connectivity index (χ0) is 77.6. The Labute approximate surface area is 651 Å². The van der Waals surface area contributed by atoms with Crippen molar-refractivity contribution in [1.29, 1.82) is 0 Å². The summed E-state index contributed by atoms with van der Waals surface area (Å²) in [5, 5.41) is 10.7. The van der Waals surface area contributed by atoms with Crippen LogP contribution in [0.15, 0.2) is 0 Å². The number of rotatable bonds is 87. The van der Waals surface area contributed by atoms with Gasteiger partial charge in [-0.05, 0) is 31.6 Å². The summed E-state index contributed by atoms with van der Waals surface area (Å²) in [5.74, 6) is -1.30. The van der Waals surface area contributed by atoms with Crippen molar-refractivity contribution in [2.45, 2.75) is 490 Å². The molecule has 5 atom stereocenters. The lowest BCUT2D eigenvalue weighted by Gasteiger charge is -2.21. The van der Waals surface area contributed by atoms with Gasteiger partial charge in [-0.25, -0.2) is 9.13 Å². The van der Waals surface area contributed by atoms with Crippen molar-refractivity contribution in [2.24, 2.45) is 5.92 Å². The molecule has 3 N–H and O–H groups in total. The predicted octanol–water partition coefficient (Wildman–Crippen LogP) is 26.8. The van der Waals surface area contributed by atoms with Crippen molar-refractivity contribution in [2.75, 3.05) is 39.6 Å². The Kier molecular flexibility index (Phi) is 78.2. The van der Waals surface area contributed by atoms with Crippen molar-refractivity contribution in [3.05, 3.63) is 0 Å². The van der Waals surface area contributed by atoms with Gasteiger partial charge in [-0.2, -0.15) is 0 Å². The van der Waals surface area contributed by atoms with Gasteiger partial charge in [0.15, 0.2) is 12.2 Å². The molecule has 0 saturated carbocycles. The summed E-state index contributed by atoms with van der Waals surface area (Å²) in [6, 6.07) is 0. The maximum atomic E-state index is 13.1. The molecule has 0 aromatic rings. The average molecular weight is 1550 g/mol. The predicted molar refractivity (Wildman–Crippen MR) is 437 cm³/mol. The molecule has 0 saturated heterocycles. The summed E-state index contributed by atoms with van der Waals surface area (Å²) in [4.78, 5) is 73.1. The molecule has 2 unspecified atom stereocenters. The van der Waals surface area contributed by atoms with Gasteiger partial charge < -0.3 is 33.8 Å². The molecule has 0 aromatic heterocycles. The van der Waals surface area contributed by atoms with Crippen molar-refractivity contribution in [1.82, 2.24) is 0 Å². The van der Waals surface area contributed by atoms with Gasteiger partial charge >= 0.3 is 39.5 Å². The van der Waals surface area contributed by atoms with E-state index in [9.17, 15) is 43.2 Å². The molecule has 106 heavy (non-hydrogen) atoms. The van der Waals surface area contributed by atoms with E-state index in [2.05, 4.69) is 34.6 Å². The highest BCUT2D eigenvalue weighted by Gasteiger charge is 2.30. The standard InChI is InChI=1S/C87H170O17P2/c1-6-9-12-15-18-20-22-24-26-28-30-32-34-36-40-44-48-52-57-62-67-73-87(92)104-83(77-98-85(90)71-66-61-56-51-47-43-39-35-33-31-29-27-25-23-21-19-16-13-10-7-2)79-102-106(95,96)100-75-81(88)74-99-105(93,94)101-78-82(76-97-84(89)70-65-60-54-17-14-11-8-3)103-86(91)72-68-63-58-53-49-45-41-37-38-42-46-50-55-59-64-69-80(4)5/h80-83,88H,6-79H2,1-5H3,(H,93,94)(H,95,96)/t81-,82+,83+/m0/s1. The van der Waals surface area contributed by atoms with Crippen LogP contribution in [0.3, 0.4) is 0 Å². The number of phosphoric ester groups is 2. The third kappa shape index (κ3) is 80.1. The summed E-state index contributed by atoms with van der Waals surface area (Å²) in [7, 11) is -9.92. The monoisotopic (exact) mass is 1550 g/mol. The van der Waals surface area contributed by atoms with Crippen LogP contribution in [0.25, 0.3) is 0 Å². The van der Waals surface area contributed by atoms with E-state index < -0.39 is 97.5 Å². The van der Waals surface area contributed by atoms with Crippen LogP contribution in [-0.2, 0) is 65.4 Å². The number of phosphoric acid groups is 2. The Morgan fingerprint density at radius 1 is 0.255 bits per heavy atom. The van der Waals surface area contributed by atoms with Gasteiger partial charge in [0.25, 0.3) is 0 Å². The molecule has 0 aliphatic rings. The SMILES string of the molecule is CCCCCCCCCCCCCCCCCCCCCCCC(=O)O[C@H](COC(=O)CCCCCCCCCCCCCCCCCCCCCC)COP(=O)(O)OC[C@@H](O)COP(=O)(O)OC[C@@H](COC(=O)CCCCCCCCC)OC(=O)CCCCCCCCCCCCCCCCCC(C)C. The van der Waals surface area contributed by atoms with Crippen LogP contribution in [0.4, 0.5) is 0 Å². The second-order valence-electron chi connectivity index (χ2n) is 31.8. The first-order chi connectivity index (χ1) is 51.5. The fourth-order valence-electron chi connectivity index (χ4n) is 13.6. The zero-order valence-electron chi connectivity index (χ0n) is 69.6. The first kappa shape index (κ1) is 104. The molecule has 19 heteroatoms. The number of esters is 4. The lowest BCUT2D eigenvalue weighted by atomic mass is 10.0. The van der Waals surface area contributed by atoms with E-state index >= 15 is 0 Å². The molecule has 0 fully saturated rings. The van der Waals surface area contributed by atoms with Crippen LogP contribution < -0.4 is 0 Å². The van der Waals surface area contributed by atoms with Crippen molar-refractivity contribution >= 4 is 39.5 Å². The molecule has 0 aromatic carbocycles. The van der Waals surface area contributed by atoms with Crippen LogP contribution in [0, 0.1) is 5.92 Å². The molecule has 0 aliphatic heterocycles. The Morgan fingerprint density at radius 2 is 0.434 bits per heavy atom. The molecule has 630 valence electrons. The summed E-state index contributed by atoms with van der Waals surface area (Å²) in [6.45, 7) is 7.35. The Balaban J connectivity index is 5.15. The van der Waals surface area contributed by atoms with Gasteiger partial charge in [0.2, 0.25) is 0 Å². The van der Waals surface area contributed by atoms with Crippen LogP contribution >= 0.6 is 15.6 Å². The maximum Gasteiger partial charge on any atom is 0.472 e. The third-order valence-corrected chi connectivity index (χ3v) is 22.4. The van der Waals surface area contributed by atoms with E-state index in [0.29, 0.717) is 25.7 Å². The number of carbonyl (C=O) groups is 4. The molecule has 0 rings (SSSR count). The lowest BCUT2D eigenvalue weighted by Crippen LogP contribution is -2.30. The van der Waals surface area contributed by atoms with E-state index in [1.54, 1.807) is 0 Å². The lowest BCUT2D eigenvalue weighted by molar-refractivity contribution is -0.161. The van der Waals surface area contributed by atoms with E-state index in [4.69, 9.17) is 37.0 Å². The van der Waals surface area contributed by atoms with Crippen LogP contribution in [-0.4, -0.2) is 96.7 Å². The maximum absolute atomic E-state index is 13.1. The van der Waals surface area contributed by atoms with Gasteiger partial charge in [-0.1, -0.05) is 420 Å². The Hall–Kier alpha value is -1.94. The van der Waals surface area contributed by atoms with Gasteiger partial charge in [0.1, 0.15) is 19.3 Å². The minimum atomic E-state index is -4.96. The summed E-state index contributed by atoms with van der Waals surface area (Å²) in [5.41, 5.74) is 0. The second kappa shape index (κ2) is 79.7. The molecule has 0 heterocycles. The van der Waals surface area contributed by atoms with E-state index in [-0.39, 0.29) is 25.7 Å². The fraction of sp³-hybridized carbons (Fsp3) is 0.954. The molecular formula is C87H170O17P2. The second-order valence-corrected chi connectivity index (χ2v) is 34.7. The number of hydrogen-bond donors (Lipinski definition) is 3. The van der Waals surface area contributed by atoms with Crippen molar-refractivity contribution < 1.29 is 80.2 Å². The number of unbranched alkanes of at least 4 members (excludes halogenated alkanes) is 59. The highest BCUT2D eigenvalue weighted by molar-refractivity contribution is 7.47. The van der Waals surface area contributed by atoms with Gasteiger partial charge in [0.05, 0.1) is 26.4 Å².